The van der Waals surface area contributed by atoms with Gasteiger partial charge < -0.3 is 4.74 Å². The van der Waals surface area contributed by atoms with Crippen molar-refractivity contribution in [2.75, 3.05) is 12.4 Å². The van der Waals surface area contributed by atoms with E-state index in [0.29, 0.717) is 17.9 Å². The second-order valence-corrected chi connectivity index (χ2v) is 8.63. The summed E-state index contributed by atoms with van der Waals surface area (Å²) in [4.78, 5) is 0. The Morgan fingerprint density at radius 2 is 2.00 bits per heavy atom. The fourth-order valence-electron chi connectivity index (χ4n) is 3.27. The molecule has 0 bridgehead atoms. The molecule has 4 nitrogen and oxygen atoms in total. The maximum Gasteiger partial charge on any atom is 0.209 e. The fourth-order valence-corrected chi connectivity index (χ4v) is 4.26. The molecule has 1 rings (SSSR count). The van der Waals surface area contributed by atoms with Gasteiger partial charge in [0.15, 0.2) is 0 Å². The minimum absolute atomic E-state index is 0.00958. The minimum atomic E-state index is -3.40. The Morgan fingerprint density at radius 3 is 2.47 bits per heavy atom. The third kappa shape index (κ3) is 6.72. The Morgan fingerprint density at radius 1 is 1.37 bits per heavy atom. The van der Waals surface area contributed by atoms with E-state index in [-0.39, 0.29) is 17.8 Å². The van der Waals surface area contributed by atoms with Crippen LogP contribution in [-0.4, -0.2) is 26.9 Å². The fraction of sp³-hybridized carbons (Fsp3) is 1.00. The zero-order chi connectivity index (χ0) is 14.7. The first-order valence-corrected chi connectivity index (χ1v) is 8.95. The van der Waals surface area contributed by atoms with Gasteiger partial charge in [-0.1, -0.05) is 34.1 Å². The maximum absolute atomic E-state index is 11.1. The quantitative estimate of drug-likeness (QED) is 0.817. The molecule has 0 aromatic heterocycles. The van der Waals surface area contributed by atoms with Gasteiger partial charge in [-0.25, -0.2) is 13.6 Å². The first-order chi connectivity index (χ1) is 8.61. The average molecular weight is 291 g/mol. The monoisotopic (exact) mass is 291 g/mol. The maximum atomic E-state index is 11.1. The summed E-state index contributed by atoms with van der Waals surface area (Å²) < 4.78 is 28.2. The van der Waals surface area contributed by atoms with Crippen LogP contribution < -0.4 is 5.14 Å². The van der Waals surface area contributed by atoms with Crippen LogP contribution in [0.3, 0.4) is 0 Å². The molecule has 0 amide bonds. The molecule has 1 aliphatic carbocycles. The lowest BCUT2D eigenvalue weighted by atomic mass is 9.71. The predicted molar refractivity (Wildman–Crippen MR) is 78.3 cm³/mol. The summed E-state index contributed by atoms with van der Waals surface area (Å²) in [7, 11) is -3.40. The van der Waals surface area contributed by atoms with Crippen LogP contribution in [0.15, 0.2) is 0 Å². The van der Waals surface area contributed by atoms with Gasteiger partial charge in [0.2, 0.25) is 10.0 Å². The van der Waals surface area contributed by atoms with Crippen LogP contribution >= 0.6 is 0 Å². The second-order valence-electron chi connectivity index (χ2n) is 6.97. The van der Waals surface area contributed by atoms with E-state index in [2.05, 4.69) is 20.8 Å². The van der Waals surface area contributed by atoms with Crippen molar-refractivity contribution in [3.05, 3.63) is 0 Å². The lowest BCUT2D eigenvalue weighted by Gasteiger charge is -2.39. The van der Waals surface area contributed by atoms with Gasteiger partial charge in [-0.05, 0) is 36.5 Å². The summed E-state index contributed by atoms with van der Waals surface area (Å²) >= 11 is 0. The Labute approximate surface area is 118 Å². The van der Waals surface area contributed by atoms with Crippen LogP contribution in [0.4, 0.5) is 0 Å². The molecule has 0 aromatic carbocycles. The number of primary sulfonamides is 1. The molecular weight excluding hydrogens is 262 g/mol. The van der Waals surface area contributed by atoms with Crippen LogP contribution in [0.1, 0.15) is 53.4 Å². The van der Waals surface area contributed by atoms with Crippen molar-refractivity contribution in [2.45, 2.75) is 59.5 Å². The number of ether oxygens (including phenoxy) is 1. The van der Waals surface area contributed by atoms with Crippen LogP contribution in [0.5, 0.6) is 0 Å². The summed E-state index contributed by atoms with van der Waals surface area (Å²) in [6.07, 6.45) is 4.41. The van der Waals surface area contributed by atoms with E-state index in [9.17, 15) is 8.42 Å². The summed E-state index contributed by atoms with van der Waals surface area (Å²) in [5, 5.41) is 5.10. The summed E-state index contributed by atoms with van der Waals surface area (Å²) in [6.45, 7) is 9.30. The molecule has 3 unspecified atom stereocenters. The Bertz CT molecular complexity index is 378. The molecule has 2 N–H and O–H groups in total. The molecule has 0 saturated heterocycles. The average Bonchev–Trinajstić information content (AvgIpc) is 2.19. The van der Waals surface area contributed by atoms with Gasteiger partial charge in [-0.2, -0.15) is 0 Å². The lowest BCUT2D eigenvalue weighted by molar-refractivity contribution is -0.0343. The molecule has 0 aromatic rings. The molecule has 0 heterocycles. The van der Waals surface area contributed by atoms with Crippen molar-refractivity contribution in [1.82, 2.24) is 0 Å². The smallest absolute Gasteiger partial charge is 0.209 e. The van der Waals surface area contributed by atoms with E-state index in [1.807, 2.05) is 6.92 Å². The number of hydrogen-bond donors (Lipinski definition) is 1. The molecular formula is C14H29NO3S. The van der Waals surface area contributed by atoms with Crippen molar-refractivity contribution in [3.8, 4) is 0 Å². The second kappa shape index (κ2) is 6.55. The molecule has 3 atom stereocenters. The Balaban J connectivity index is 2.46. The largest absolute Gasteiger partial charge is 0.378 e. The zero-order valence-electron chi connectivity index (χ0n) is 12.7. The summed E-state index contributed by atoms with van der Waals surface area (Å²) in [5.41, 5.74) is 0.323. The highest BCUT2D eigenvalue weighted by atomic mass is 32.2. The molecule has 5 heteroatoms. The molecule has 19 heavy (non-hydrogen) atoms. The van der Waals surface area contributed by atoms with E-state index >= 15 is 0 Å². The van der Waals surface area contributed by atoms with Crippen LogP contribution in [0, 0.1) is 17.3 Å². The van der Waals surface area contributed by atoms with E-state index < -0.39 is 10.0 Å². The van der Waals surface area contributed by atoms with Gasteiger partial charge in [0.05, 0.1) is 18.5 Å². The number of sulfonamides is 1. The molecule has 1 aliphatic rings. The van der Waals surface area contributed by atoms with Crippen LogP contribution in [0.25, 0.3) is 0 Å². The van der Waals surface area contributed by atoms with Gasteiger partial charge in [0.25, 0.3) is 0 Å². The van der Waals surface area contributed by atoms with Crippen molar-refractivity contribution < 1.29 is 13.2 Å². The SMILES string of the molecule is CCC(COC1CC(C)CC(C)(C)C1)CS(N)(=O)=O. The highest BCUT2D eigenvalue weighted by Gasteiger charge is 2.32. The molecule has 0 spiro atoms. The topological polar surface area (TPSA) is 69.4 Å². The van der Waals surface area contributed by atoms with Gasteiger partial charge >= 0.3 is 0 Å². The van der Waals surface area contributed by atoms with Gasteiger partial charge in [-0.3, -0.25) is 0 Å². The molecule has 0 aliphatic heterocycles. The molecule has 0 radical (unpaired) electrons. The molecule has 114 valence electrons. The van der Waals surface area contributed by atoms with Crippen molar-refractivity contribution in [3.63, 3.8) is 0 Å². The predicted octanol–water partition coefficient (Wildman–Crippen LogP) is 2.53. The Hall–Kier alpha value is -0.130. The highest BCUT2D eigenvalue weighted by Crippen LogP contribution is 2.39. The normalized spacial score (nSPS) is 29.1. The first kappa shape index (κ1) is 16.9. The van der Waals surface area contributed by atoms with Gasteiger partial charge in [-0.15, -0.1) is 0 Å². The number of rotatable bonds is 6. The standard InChI is InChI=1S/C14H29NO3S/c1-5-12(10-19(15,16)17)9-18-13-6-11(2)7-14(3,4)8-13/h11-13H,5-10H2,1-4H3,(H2,15,16,17). The van der Waals surface area contributed by atoms with Crippen LogP contribution in [0.2, 0.25) is 0 Å². The third-order valence-electron chi connectivity index (χ3n) is 3.96. The zero-order valence-corrected chi connectivity index (χ0v) is 13.5. The molecule has 1 fully saturated rings. The number of hydrogen-bond acceptors (Lipinski definition) is 3. The highest BCUT2D eigenvalue weighted by molar-refractivity contribution is 7.89. The number of nitrogens with two attached hydrogens (primary N) is 1. The first-order valence-electron chi connectivity index (χ1n) is 7.23. The van der Waals surface area contributed by atoms with E-state index in [0.717, 1.165) is 19.3 Å². The lowest BCUT2D eigenvalue weighted by Crippen LogP contribution is -2.34. The van der Waals surface area contributed by atoms with Crippen molar-refractivity contribution in [2.24, 2.45) is 22.4 Å². The van der Waals surface area contributed by atoms with Crippen LogP contribution in [-0.2, 0) is 14.8 Å². The minimum Gasteiger partial charge on any atom is -0.378 e. The van der Waals surface area contributed by atoms with Gasteiger partial charge in [0.1, 0.15) is 0 Å². The third-order valence-corrected chi connectivity index (χ3v) is 4.90. The summed E-state index contributed by atoms with van der Waals surface area (Å²) in [5.74, 6) is 0.706. The van der Waals surface area contributed by atoms with Gasteiger partial charge in [0, 0.05) is 0 Å². The van der Waals surface area contributed by atoms with E-state index in [1.165, 1.54) is 6.42 Å². The van der Waals surface area contributed by atoms with E-state index in [1.54, 1.807) is 0 Å². The Kier molecular flexibility index (Phi) is 5.83. The van der Waals surface area contributed by atoms with Crippen molar-refractivity contribution >= 4 is 10.0 Å². The summed E-state index contributed by atoms with van der Waals surface area (Å²) in [6, 6.07) is 0. The van der Waals surface area contributed by atoms with Crippen molar-refractivity contribution in [1.29, 1.82) is 0 Å². The van der Waals surface area contributed by atoms with E-state index in [4.69, 9.17) is 9.88 Å². The molecule has 1 saturated carbocycles.